The minimum absolute atomic E-state index is 0.318. The molecule has 0 radical (unpaired) electrons. The molecule has 2 fully saturated rings. The van der Waals surface area contributed by atoms with Crippen molar-refractivity contribution >= 4 is 11.6 Å². The van der Waals surface area contributed by atoms with Gasteiger partial charge in [-0.1, -0.05) is 0 Å². The second-order valence-electron chi connectivity index (χ2n) is 6.95. The third kappa shape index (κ3) is 4.19. The smallest absolute Gasteiger partial charge is 0.277 e. The molecular formula is C18H30N4O2+2. The van der Waals surface area contributed by atoms with Crippen LogP contribution in [0.5, 0.6) is 5.75 Å². The number of piperazine rings is 2. The highest BCUT2D eigenvalue weighted by molar-refractivity contribution is 5.77. The van der Waals surface area contributed by atoms with Crippen LogP contribution in [0.3, 0.4) is 0 Å². The zero-order valence-corrected chi connectivity index (χ0v) is 14.9. The van der Waals surface area contributed by atoms with Crippen LogP contribution in [0.2, 0.25) is 0 Å². The molecule has 3 rings (SSSR count). The van der Waals surface area contributed by atoms with Gasteiger partial charge in [-0.25, -0.2) is 0 Å². The predicted octanol–water partition coefficient (Wildman–Crippen LogP) is -2.24. The van der Waals surface area contributed by atoms with Gasteiger partial charge in [0.05, 0.1) is 14.2 Å². The van der Waals surface area contributed by atoms with Gasteiger partial charge >= 0.3 is 0 Å². The Morgan fingerprint density at radius 2 is 1.67 bits per heavy atom. The Morgan fingerprint density at radius 3 is 2.25 bits per heavy atom. The number of quaternary nitrogens is 2. The lowest BCUT2D eigenvalue weighted by molar-refractivity contribution is -1.000. The molecule has 132 valence electrons. The number of ether oxygens (including phenoxy) is 1. The van der Waals surface area contributed by atoms with Crippen LogP contribution in [-0.2, 0) is 4.79 Å². The first-order valence-corrected chi connectivity index (χ1v) is 8.97. The average Bonchev–Trinajstić information content (AvgIpc) is 2.64. The molecule has 0 bridgehead atoms. The fourth-order valence-corrected chi connectivity index (χ4v) is 3.54. The molecule has 2 heterocycles. The van der Waals surface area contributed by atoms with E-state index >= 15 is 0 Å². The number of amides is 1. The number of benzene rings is 1. The highest BCUT2D eigenvalue weighted by Crippen LogP contribution is 2.20. The number of carbonyl (C=O) groups excluding carboxylic acids is 1. The molecule has 0 unspecified atom stereocenters. The fraction of sp³-hybridized carbons (Fsp3) is 0.611. The molecule has 0 atom stereocenters. The van der Waals surface area contributed by atoms with Crippen LogP contribution < -0.4 is 19.4 Å². The largest absolute Gasteiger partial charge is 0.497 e. The summed E-state index contributed by atoms with van der Waals surface area (Å²) in [5.74, 6) is 1.20. The molecule has 1 aromatic rings. The lowest BCUT2D eigenvalue weighted by Crippen LogP contribution is -3.27. The van der Waals surface area contributed by atoms with Gasteiger partial charge in [-0.2, -0.15) is 0 Å². The summed E-state index contributed by atoms with van der Waals surface area (Å²) < 4.78 is 5.21. The van der Waals surface area contributed by atoms with E-state index in [0.717, 1.165) is 45.0 Å². The van der Waals surface area contributed by atoms with Crippen LogP contribution in [0.25, 0.3) is 0 Å². The van der Waals surface area contributed by atoms with Gasteiger partial charge < -0.3 is 24.3 Å². The molecule has 2 aliphatic heterocycles. The van der Waals surface area contributed by atoms with Crippen LogP contribution in [0.1, 0.15) is 0 Å². The molecule has 0 saturated carbocycles. The van der Waals surface area contributed by atoms with Crippen molar-refractivity contribution in [2.24, 2.45) is 0 Å². The van der Waals surface area contributed by atoms with E-state index in [0.29, 0.717) is 12.5 Å². The minimum Gasteiger partial charge on any atom is -0.497 e. The quantitative estimate of drug-likeness (QED) is 0.654. The summed E-state index contributed by atoms with van der Waals surface area (Å²) in [6.45, 7) is 8.69. The van der Waals surface area contributed by atoms with Crippen molar-refractivity contribution in [3.63, 3.8) is 0 Å². The monoisotopic (exact) mass is 334 g/mol. The molecule has 0 aromatic heterocycles. The molecule has 24 heavy (non-hydrogen) atoms. The molecule has 2 saturated heterocycles. The van der Waals surface area contributed by atoms with Gasteiger partial charge in [0.15, 0.2) is 6.54 Å². The van der Waals surface area contributed by atoms with Gasteiger partial charge in [-0.15, -0.1) is 0 Å². The molecule has 6 nitrogen and oxygen atoms in total. The average molecular weight is 334 g/mol. The lowest BCUT2D eigenvalue weighted by Gasteiger charge is -2.37. The van der Waals surface area contributed by atoms with Crippen molar-refractivity contribution in [3.05, 3.63) is 24.3 Å². The van der Waals surface area contributed by atoms with E-state index in [1.807, 2.05) is 17.0 Å². The van der Waals surface area contributed by atoms with E-state index in [2.05, 4.69) is 24.1 Å². The summed E-state index contributed by atoms with van der Waals surface area (Å²) in [6.07, 6.45) is 0. The Bertz CT molecular complexity index is 532. The highest BCUT2D eigenvalue weighted by atomic mass is 16.5. The number of anilines is 1. The van der Waals surface area contributed by atoms with Gasteiger partial charge in [-0.3, -0.25) is 4.79 Å². The lowest BCUT2D eigenvalue weighted by atomic mass is 10.2. The molecule has 1 amide bonds. The van der Waals surface area contributed by atoms with Crippen molar-refractivity contribution in [1.82, 2.24) is 4.90 Å². The van der Waals surface area contributed by atoms with Crippen LogP contribution >= 0.6 is 0 Å². The van der Waals surface area contributed by atoms with Crippen molar-refractivity contribution in [2.75, 3.05) is 78.0 Å². The Kier molecular flexibility index (Phi) is 5.58. The highest BCUT2D eigenvalue weighted by Gasteiger charge is 2.27. The summed E-state index contributed by atoms with van der Waals surface area (Å²) in [5, 5.41) is 0. The topological polar surface area (TPSA) is 41.7 Å². The van der Waals surface area contributed by atoms with Crippen LogP contribution in [0.4, 0.5) is 5.69 Å². The first-order valence-electron chi connectivity index (χ1n) is 8.97. The van der Waals surface area contributed by atoms with Crippen molar-refractivity contribution < 1.29 is 19.3 Å². The van der Waals surface area contributed by atoms with Crippen molar-refractivity contribution in [2.45, 2.75) is 0 Å². The fourth-order valence-electron chi connectivity index (χ4n) is 3.54. The number of likely N-dealkylation sites (N-methyl/N-ethyl adjacent to an activating group) is 1. The standard InChI is InChI=1S/C18H28N4O2/c1-19-7-9-20(10-8-19)15-18(23)22-13-11-21(12-14-22)16-3-5-17(24-2)6-4-16/h3-6H,7-15H2,1-2H3/p+2. The summed E-state index contributed by atoms with van der Waals surface area (Å²) in [7, 11) is 3.92. The predicted molar refractivity (Wildman–Crippen MR) is 94.0 cm³/mol. The first-order chi connectivity index (χ1) is 11.7. The van der Waals surface area contributed by atoms with Gasteiger partial charge in [0, 0.05) is 31.9 Å². The van der Waals surface area contributed by atoms with E-state index in [9.17, 15) is 4.79 Å². The van der Waals surface area contributed by atoms with Gasteiger partial charge in [0.2, 0.25) is 0 Å². The number of nitrogens with one attached hydrogen (secondary N) is 2. The summed E-state index contributed by atoms with van der Waals surface area (Å²) in [6, 6.07) is 8.16. The van der Waals surface area contributed by atoms with E-state index in [1.54, 1.807) is 12.0 Å². The molecule has 6 heteroatoms. The van der Waals surface area contributed by atoms with E-state index in [-0.39, 0.29) is 0 Å². The number of carbonyl (C=O) groups is 1. The first kappa shape index (κ1) is 17.0. The Balaban J connectivity index is 1.46. The van der Waals surface area contributed by atoms with Gasteiger partial charge in [0.1, 0.15) is 31.9 Å². The van der Waals surface area contributed by atoms with Crippen LogP contribution in [0, 0.1) is 0 Å². The molecular weight excluding hydrogens is 304 g/mol. The van der Waals surface area contributed by atoms with Crippen LogP contribution in [-0.4, -0.2) is 83.9 Å². The third-order valence-corrected chi connectivity index (χ3v) is 5.28. The summed E-state index contributed by atoms with van der Waals surface area (Å²) in [4.78, 5) is 20.0. The van der Waals surface area contributed by atoms with Gasteiger partial charge in [-0.05, 0) is 24.3 Å². The Labute approximate surface area is 144 Å². The molecule has 2 aliphatic rings. The molecule has 1 aromatic carbocycles. The maximum Gasteiger partial charge on any atom is 0.277 e. The van der Waals surface area contributed by atoms with Crippen molar-refractivity contribution in [1.29, 1.82) is 0 Å². The normalized spacial score (nSPS) is 24.8. The Hall–Kier alpha value is -1.79. The van der Waals surface area contributed by atoms with Crippen LogP contribution in [0.15, 0.2) is 24.3 Å². The SMILES string of the molecule is COc1ccc(N2CCN(C(=O)C[NH+]3CC[NH+](C)CC3)CC2)cc1. The van der Waals surface area contributed by atoms with E-state index < -0.39 is 0 Å². The zero-order chi connectivity index (χ0) is 16.9. The van der Waals surface area contributed by atoms with E-state index in [4.69, 9.17) is 4.74 Å². The third-order valence-electron chi connectivity index (χ3n) is 5.28. The zero-order valence-electron chi connectivity index (χ0n) is 14.9. The molecule has 2 N–H and O–H groups in total. The minimum atomic E-state index is 0.318. The molecule has 0 spiro atoms. The second-order valence-corrected chi connectivity index (χ2v) is 6.95. The number of hydrogen-bond acceptors (Lipinski definition) is 3. The number of rotatable bonds is 4. The van der Waals surface area contributed by atoms with Crippen molar-refractivity contribution in [3.8, 4) is 5.75 Å². The van der Waals surface area contributed by atoms with Gasteiger partial charge in [0.25, 0.3) is 5.91 Å². The Morgan fingerprint density at radius 1 is 1.04 bits per heavy atom. The number of nitrogens with zero attached hydrogens (tertiary/aromatic N) is 2. The number of methoxy groups -OCH3 is 1. The maximum atomic E-state index is 12.5. The summed E-state index contributed by atoms with van der Waals surface area (Å²) >= 11 is 0. The van der Waals surface area contributed by atoms with E-state index in [1.165, 1.54) is 23.7 Å². The summed E-state index contributed by atoms with van der Waals surface area (Å²) in [5.41, 5.74) is 1.20. The maximum absolute atomic E-state index is 12.5. The number of hydrogen-bond donors (Lipinski definition) is 2. The second kappa shape index (κ2) is 7.85. The molecule has 0 aliphatic carbocycles.